The molecule has 0 aliphatic heterocycles. The highest BCUT2D eigenvalue weighted by Gasteiger charge is 2.09. The van der Waals surface area contributed by atoms with Gasteiger partial charge in [-0.1, -0.05) is 45.7 Å². The first kappa shape index (κ1) is 13.1. The van der Waals surface area contributed by atoms with Gasteiger partial charge in [-0.15, -0.1) is 0 Å². The van der Waals surface area contributed by atoms with Gasteiger partial charge in [-0.3, -0.25) is 0 Å². The van der Waals surface area contributed by atoms with E-state index < -0.39 is 5.97 Å². The van der Waals surface area contributed by atoms with Crippen LogP contribution >= 0.6 is 27.5 Å². The van der Waals surface area contributed by atoms with Crippen LogP contribution in [-0.4, -0.2) is 11.1 Å². The summed E-state index contributed by atoms with van der Waals surface area (Å²) < 4.78 is 0. The van der Waals surface area contributed by atoms with Crippen molar-refractivity contribution in [1.29, 1.82) is 0 Å². The highest BCUT2D eigenvalue weighted by Crippen LogP contribution is 2.27. The smallest absolute Gasteiger partial charge is 0.335 e. The molecule has 0 bridgehead atoms. The molecule has 2 nitrogen and oxygen atoms in total. The van der Waals surface area contributed by atoms with E-state index in [4.69, 9.17) is 16.7 Å². The fourth-order valence-corrected chi connectivity index (χ4v) is 2.34. The Morgan fingerprint density at radius 1 is 1.17 bits per heavy atom. The Hall–Kier alpha value is -1.32. The number of hydrogen-bond donors (Lipinski definition) is 1. The zero-order valence-corrected chi connectivity index (χ0v) is 11.7. The van der Waals surface area contributed by atoms with Crippen molar-refractivity contribution in [3.05, 3.63) is 58.6 Å². The number of aromatic carboxylic acids is 1. The topological polar surface area (TPSA) is 37.3 Å². The Labute approximate surface area is 118 Å². The Bertz CT molecular complexity index is 579. The lowest BCUT2D eigenvalue weighted by molar-refractivity contribution is 0.0697. The van der Waals surface area contributed by atoms with Gasteiger partial charge in [-0.25, -0.2) is 4.79 Å². The largest absolute Gasteiger partial charge is 0.478 e. The number of carboxylic acids is 1. The first-order valence-corrected chi connectivity index (χ1v) is 6.80. The fourth-order valence-electron chi connectivity index (χ4n) is 1.75. The number of benzene rings is 2. The highest BCUT2D eigenvalue weighted by atomic mass is 79.9. The van der Waals surface area contributed by atoms with Gasteiger partial charge in [-0.05, 0) is 41.0 Å². The summed E-state index contributed by atoms with van der Waals surface area (Å²) in [4.78, 5) is 10.9. The number of carboxylic acid groups (broad SMARTS) is 1. The third-order valence-corrected chi connectivity index (χ3v) is 3.51. The van der Waals surface area contributed by atoms with Gasteiger partial charge in [0.1, 0.15) is 0 Å². The van der Waals surface area contributed by atoms with E-state index in [9.17, 15) is 4.79 Å². The van der Waals surface area contributed by atoms with Crippen molar-refractivity contribution in [2.45, 2.75) is 5.33 Å². The van der Waals surface area contributed by atoms with Crippen molar-refractivity contribution in [3.8, 4) is 11.1 Å². The van der Waals surface area contributed by atoms with E-state index in [0.29, 0.717) is 15.9 Å². The van der Waals surface area contributed by atoms with Gasteiger partial charge >= 0.3 is 5.97 Å². The summed E-state index contributed by atoms with van der Waals surface area (Å²) in [6.07, 6.45) is 0. The number of halogens is 2. The second kappa shape index (κ2) is 5.55. The van der Waals surface area contributed by atoms with Gasteiger partial charge in [0.15, 0.2) is 0 Å². The van der Waals surface area contributed by atoms with Crippen molar-refractivity contribution in [1.82, 2.24) is 0 Å². The molecule has 0 aliphatic carbocycles. The van der Waals surface area contributed by atoms with E-state index in [1.54, 1.807) is 12.1 Å². The molecule has 0 saturated carbocycles. The van der Waals surface area contributed by atoms with Crippen molar-refractivity contribution >= 4 is 33.5 Å². The summed E-state index contributed by atoms with van der Waals surface area (Å²) in [5, 5.41) is 10.3. The molecular formula is C14H10BrClO2. The second-order valence-corrected chi connectivity index (χ2v) is 4.81. The molecule has 2 rings (SSSR count). The number of rotatable bonds is 3. The lowest BCUT2D eigenvalue weighted by atomic mass is 9.98. The molecule has 1 N–H and O–H groups in total. The minimum absolute atomic E-state index is 0.294. The minimum atomic E-state index is -0.917. The molecule has 0 aromatic heterocycles. The standard InChI is InChI=1S/C14H10BrClO2/c15-8-11-7-10(14(17)18)3-6-13(11)9-1-4-12(16)5-2-9/h1-7H,8H2,(H,17,18). The summed E-state index contributed by atoms with van der Waals surface area (Å²) in [7, 11) is 0. The molecule has 0 atom stereocenters. The van der Waals surface area contributed by atoms with Crippen LogP contribution in [0.5, 0.6) is 0 Å². The van der Waals surface area contributed by atoms with Crippen molar-refractivity contribution < 1.29 is 9.90 Å². The Kier molecular flexibility index (Phi) is 4.04. The number of hydrogen-bond acceptors (Lipinski definition) is 1. The lowest BCUT2D eigenvalue weighted by Crippen LogP contribution is -1.98. The predicted octanol–water partition coefficient (Wildman–Crippen LogP) is 4.60. The lowest BCUT2D eigenvalue weighted by Gasteiger charge is -2.09. The van der Waals surface area contributed by atoms with Crippen LogP contribution in [0.3, 0.4) is 0 Å². The van der Waals surface area contributed by atoms with Crippen LogP contribution in [0.4, 0.5) is 0 Å². The van der Waals surface area contributed by atoms with Crippen LogP contribution in [0, 0.1) is 0 Å². The molecule has 0 amide bonds. The quantitative estimate of drug-likeness (QED) is 0.837. The van der Waals surface area contributed by atoms with E-state index >= 15 is 0 Å². The van der Waals surface area contributed by atoms with Gasteiger partial charge in [0.25, 0.3) is 0 Å². The van der Waals surface area contributed by atoms with Gasteiger partial charge in [-0.2, -0.15) is 0 Å². The maximum Gasteiger partial charge on any atom is 0.335 e. The van der Waals surface area contributed by atoms with E-state index in [1.165, 1.54) is 0 Å². The third kappa shape index (κ3) is 2.74. The summed E-state index contributed by atoms with van der Waals surface area (Å²) in [5.74, 6) is -0.917. The van der Waals surface area contributed by atoms with E-state index in [1.807, 2.05) is 30.3 Å². The van der Waals surface area contributed by atoms with Crippen LogP contribution < -0.4 is 0 Å². The maximum absolute atomic E-state index is 10.9. The van der Waals surface area contributed by atoms with Gasteiger partial charge in [0, 0.05) is 10.4 Å². The molecule has 4 heteroatoms. The van der Waals surface area contributed by atoms with Gasteiger partial charge in [0.2, 0.25) is 0 Å². The Balaban J connectivity index is 2.50. The van der Waals surface area contributed by atoms with E-state index in [2.05, 4.69) is 15.9 Å². The highest BCUT2D eigenvalue weighted by molar-refractivity contribution is 9.08. The van der Waals surface area contributed by atoms with Crippen molar-refractivity contribution in [2.24, 2.45) is 0 Å². The normalized spacial score (nSPS) is 10.3. The average molecular weight is 326 g/mol. The first-order valence-electron chi connectivity index (χ1n) is 5.30. The molecule has 0 aliphatic rings. The van der Waals surface area contributed by atoms with Crippen LogP contribution in [0.15, 0.2) is 42.5 Å². The molecule has 2 aromatic carbocycles. The average Bonchev–Trinajstić information content (AvgIpc) is 2.39. The van der Waals surface area contributed by atoms with E-state index in [-0.39, 0.29) is 0 Å². The zero-order chi connectivity index (χ0) is 13.1. The molecular weight excluding hydrogens is 316 g/mol. The fraction of sp³-hybridized carbons (Fsp3) is 0.0714. The van der Waals surface area contributed by atoms with Gasteiger partial charge in [0.05, 0.1) is 5.56 Å². The van der Waals surface area contributed by atoms with Gasteiger partial charge < -0.3 is 5.11 Å². The summed E-state index contributed by atoms with van der Waals surface area (Å²) in [5.41, 5.74) is 3.26. The molecule has 0 radical (unpaired) electrons. The van der Waals surface area contributed by atoms with Crippen LogP contribution in [0.1, 0.15) is 15.9 Å². The number of carbonyl (C=O) groups is 1. The minimum Gasteiger partial charge on any atom is -0.478 e. The third-order valence-electron chi connectivity index (χ3n) is 2.65. The maximum atomic E-state index is 10.9. The summed E-state index contributed by atoms with van der Waals surface area (Å²) in [6.45, 7) is 0. The van der Waals surface area contributed by atoms with Crippen LogP contribution in [0.25, 0.3) is 11.1 Å². The Morgan fingerprint density at radius 3 is 2.39 bits per heavy atom. The molecule has 0 spiro atoms. The van der Waals surface area contributed by atoms with Crippen molar-refractivity contribution in [2.75, 3.05) is 0 Å². The first-order chi connectivity index (χ1) is 8.61. The monoisotopic (exact) mass is 324 g/mol. The predicted molar refractivity (Wildman–Crippen MR) is 76.5 cm³/mol. The summed E-state index contributed by atoms with van der Waals surface area (Å²) >= 11 is 9.24. The van der Waals surface area contributed by atoms with Crippen molar-refractivity contribution in [3.63, 3.8) is 0 Å². The Morgan fingerprint density at radius 2 is 1.83 bits per heavy atom. The van der Waals surface area contributed by atoms with Crippen LogP contribution in [0.2, 0.25) is 5.02 Å². The molecule has 0 saturated heterocycles. The molecule has 92 valence electrons. The SMILES string of the molecule is O=C(O)c1ccc(-c2ccc(Cl)cc2)c(CBr)c1. The molecule has 18 heavy (non-hydrogen) atoms. The zero-order valence-electron chi connectivity index (χ0n) is 9.36. The number of alkyl halides is 1. The van der Waals surface area contributed by atoms with Crippen LogP contribution in [-0.2, 0) is 5.33 Å². The second-order valence-electron chi connectivity index (χ2n) is 3.82. The molecule has 2 aromatic rings. The molecule has 0 unspecified atom stereocenters. The summed E-state index contributed by atoms with van der Waals surface area (Å²) in [6, 6.07) is 12.6. The van der Waals surface area contributed by atoms with E-state index in [0.717, 1.165) is 16.7 Å². The molecule has 0 heterocycles. The molecule has 0 fully saturated rings.